The highest BCUT2D eigenvalue weighted by atomic mass is 16.5. The van der Waals surface area contributed by atoms with Crippen molar-refractivity contribution in [3.8, 4) is 0 Å². The van der Waals surface area contributed by atoms with E-state index in [2.05, 4.69) is 10.6 Å². The summed E-state index contributed by atoms with van der Waals surface area (Å²) in [5.41, 5.74) is 1.65. The molecule has 2 aromatic rings. The van der Waals surface area contributed by atoms with Crippen LogP contribution < -0.4 is 10.6 Å². The minimum absolute atomic E-state index is 0.0798. The van der Waals surface area contributed by atoms with E-state index in [1.54, 1.807) is 4.90 Å². The number of para-hydroxylation sites is 1. The highest BCUT2D eigenvalue weighted by molar-refractivity contribution is 5.92. The van der Waals surface area contributed by atoms with E-state index in [1.165, 1.54) is 0 Å². The first-order valence-corrected chi connectivity index (χ1v) is 11.3. The maximum absolute atomic E-state index is 13.1. The molecule has 1 saturated heterocycles. The van der Waals surface area contributed by atoms with Gasteiger partial charge in [0.1, 0.15) is 12.6 Å². The lowest BCUT2D eigenvalue weighted by Gasteiger charge is -2.36. The molecule has 3 rings (SSSR count). The topological polar surface area (TPSA) is 91.0 Å². The number of nitrogens with zero attached hydrogens (tertiary/aromatic N) is 2. The van der Waals surface area contributed by atoms with Gasteiger partial charge in [-0.05, 0) is 23.6 Å². The summed E-state index contributed by atoms with van der Waals surface area (Å²) in [6.07, 6.45) is -0.609. The third-order valence-corrected chi connectivity index (χ3v) is 5.53. The van der Waals surface area contributed by atoms with E-state index in [1.807, 2.05) is 79.4 Å². The van der Waals surface area contributed by atoms with Crippen LogP contribution in [0.2, 0.25) is 0 Å². The number of carbonyl (C=O) groups excluding carboxylic acids is 3. The molecule has 3 amide bonds. The zero-order valence-electron chi connectivity index (χ0n) is 19.2. The van der Waals surface area contributed by atoms with Crippen LogP contribution in [0.4, 0.5) is 10.5 Å². The number of ether oxygens (including phenoxy) is 1. The van der Waals surface area contributed by atoms with Crippen molar-refractivity contribution in [3.05, 3.63) is 66.2 Å². The number of rotatable bonds is 8. The summed E-state index contributed by atoms with van der Waals surface area (Å²) in [6.45, 7) is 6.40. The first-order chi connectivity index (χ1) is 15.9. The number of hydrogen-bond acceptors (Lipinski definition) is 5. The number of benzene rings is 2. The van der Waals surface area contributed by atoms with E-state index in [0.29, 0.717) is 26.2 Å². The third kappa shape index (κ3) is 7.61. The minimum atomic E-state index is -0.666. The monoisotopic (exact) mass is 452 g/mol. The molecule has 2 N–H and O–H groups in total. The van der Waals surface area contributed by atoms with Gasteiger partial charge >= 0.3 is 6.09 Å². The van der Waals surface area contributed by atoms with Crippen LogP contribution in [0.5, 0.6) is 0 Å². The lowest BCUT2D eigenvalue weighted by atomic mass is 10.0. The standard InChI is InChI=1S/C25H32N4O4/c1-19(2)23(27-25(32)33-18-20-9-5-3-6-10-20)24(31)29-15-13-28(14-16-29)17-22(30)26-21-11-7-4-8-12-21/h3-12,19,23H,13-18H2,1-2H3,(H,26,30)(H,27,32)/t23-/m0/s1. The van der Waals surface area contributed by atoms with Gasteiger partial charge in [-0.15, -0.1) is 0 Å². The van der Waals surface area contributed by atoms with E-state index in [-0.39, 0.29) is 30.9 Å². The fraction of sp³-hybridized carbons (Fsp3) is 0.400. The first kappa shape index (κ1) is 24.3. The Hall–Kier alpha value is -3.39. The predicted molar refractivity (Wildman–Crippen MR) is 126 cm³/mol. The smallest absolute Gasteiger partial charge is 0.408 e. The summed E-state index contributed by atoms with van der Waals surface area (Å²) < 4.78 is 5.28. The molecule has 0 aliphatic carbocycles. The van der Waals surface area contributed by atoms with Crippen molar-refractivity contribution in [2.24, 2.45) is 5.92 Å². The maximum Gasteiger partial charge on any atom is 0.408 e. The summed E-state index contributed by atoms with van der Waals surface area (Å²) in [5, 5.41) is 5.60. The Morgan fingerprint density at radius 1 is 0.909 bits per heavy atom. The average molecular weight is 453 g/mol. The van der Waals surface area contributed by atoms with Crippen molar-refractivity contribution in [2.75, 3.05) is 38.0 Å². The average Bonchev–Trinajstić information content (AvgIpc) is 2.82. The number of anilines is 1. The molecule has 1 aliphatic heterocycles. The quantitative estimate of drug-likeness (QED) is 0.643. The molecule has 1 heterocycles. The maximum atomic E-state index is 13.1. The molecule has 1 fully saturated rings. The summed E-state index contributed by atoms with van der Waals surface area (Å²) in [6, 6.07) is 18.1. The van der Waals surface area contributed by atoms with Gasteiger partial charge in [0.2, 0.25) is 11.8 Å². The molecule has 0 spiro atoms. The molecule has 33 heavy (non-hydrogen) atoms. The van der Waals surface area contributed by atoms with Crippen molar-refractivity contribution >= 4 is 23.6 Å². The summed E-state index contributed by atoms with van der Waals surface area (Å²) in [7, 11) is 0. The Morgan fingerprint density at radius 3 is 2.12 bits per heavy atom. The Balaban J connectivity index is 1.44. The molecule has 1 aliphatic rings. The van der Waals surface area contributed by atoms with Crippen LogP contribution in [-0.4, -0.2) is 66.5 Å². The molecular weight excluding hydrogens is 420 g/mol. The van der Waals surface area contributed by atoms with Gasteiger partial charge in [-0.2, -0.15) is 0 Å². The lowest BCUT2D eigenvalue weighted by Crippen LogP contribution is -2.57. The van der Waals surface area contributed by atoms with Crippen LogP contribution >= 0.6 is 0 Å². The van der Waals surface area contributed by atoms with Crippen molar-refractivity contribution in [1.82, 2.24) is 15.1 Å². The van der Waals surface area contributed by atoms with Gasteiger partial charge in [0, 0.05) is 31.9 Å². The zero-order valence-corrected chi connectivity index (χ0v) is 19.2. The largest absolute Gasteiger partial charge is 0.445 e. The fourth-order valence-electron chi connectivity index (χ4n) is 3.65. The first-order valence-electron chi connectivity index (χ1n) is 11.3. The predicted octanol–water partition coefficient (Wildman–Crippen LogP) is 2.72. The van der Waals surface area contributed by atoms with Crippen LogP contribution in [0.1, 0.15) is 19.4 Å². The Kier molecular flexibility index (Phi) is 8.83. The van der Waals surface area contributed by atoms with Gasteiger partial charge < -0.3 is 20.3 Å². The molecular formula is C25H32N4O4. The van der Waals surface area contributed by atoms with Crippen molar-refractivity contribution < 1.29 is 19.1 Å². The second-order valence-corrected chi connectivity index (χ2v) is 8.44. The Morgan fingerprint density at radius 2 is 1.52 bits per heavy atom. The van der Waals surface area contributed by atoms with Gasteiger partial charge in [-0.3, -0.25) is 14.5 Å². The van der Waals surface area contributed by atoms with Gasteiger partial charge in [0.25, 0.3) is 0 Å². The van der Waals surface area contributed by atoms with Crippen LogP contribution in [0, 0.1) is 5.92 Å². The van der Waals surface area contributed by atoms with Gasteiger partial charge in [-0.1, -0.05) is 62.4 Å². The summed E-state index contributed by atoms with van der Waals surface area (Å²) in [5.74, 6) is -0.296. The van der Waals surface area contributed by atoms with Gasteiger partial charge in [-0.25, -0.2) is 4.79 Å². The Bertz CT molecular complexity index is 913. The highest BCUT2D eigenvalue weighted by Crippen LogP contribution is 2.11. The van der Waals surface area contributed by atoms with Crippen molar-refractivity contribution in [2.45, 2.75) is 26.5 Å². The van der Waals surface area contributed by atoms with Crippen LogP contribution in [0.15, 0.2) is 60.7 Å². The number of nitrogens with one attached hydrogen (secondary N) is 2. The molecule has 0 bridgehead atoms. The molecule has 1 atom stereocenters. The summed E-state index contributed by atoms with van der Waals surface area (Å²) >= 11 is 0. The third-order valence-electron chi connectivity index (χ3n) is 5.53. The molecule has 176 valence electrons. The second kappa shape index (κ2) is 12.0. The molecule has 0 saturated carbocycles. The molecule has 0 aromatic heterocycles. The van der Waals surface area contributed by atoms with Crippen molar-refractivity contribution in [1.29, 1.82) is 0 Å². The molecule has 2 aromatic carbocycles. The van der Waals surface area contributed by atoms with Crippen molar-refractivity contribution in [3.63, 3.8) is 0 Å². The van der Waals surface area contributed by atoms with E-state index in [4.69, 9.17) is 4.74 Å². The zero-order chi connectivity index (χ0) is 23.6. The lowest BCUT2D eigenvalue weighted by molar-refractivity contribution is -0.136. The number of hydrogen-bond donors (Lipinski definition) is 2. The van der Waals surface area contributed by atoms with E-state index in [9.17, 15) is 14.4 Å². The van der Waals surface area contributed by atoms with Crippen LogP contribution in [0.25, 0.3) is 0 Å². The normalized spacial score (nSPS) is 15.1. The summed E-state index contributed by atoms with van der Waals surface area (Å²) in [4.78, 5) is 41.4. The fourth-order valence-corrected chi connectivity index (χ4v) is 3.65. The molecule has 0 unspecified atom stereocenters. The van der Waals surface area contributed by atoms with Gasteiger partial charge in [0.05, 0.1) is 6.54 Å². The van der Waals surface area contributed by atoms with Crippen LogP contribution in [-0.2, 0) is 20.9 Å². The second-order valence-electron chi connectivity index (χ2n) is 8.44. The highest BCUT2D eigenvalue weighted by Gasteiger charge is 2.31. The molecule has 8 heteroatoms. The minimum Gasteiger partial charge on any atom is -0.445 e. The van der Waals surface area contributed by atoms with E-state index in [0.717, 1.165) is 11.3 Å². The number of amides is 3. The Labute approximate surface area is 194 Å². The van der Waals surface area contributed by atoms with E-state index < -0.39 is 12.1 Å². The van der Waals surface area contributed by atoms with E-state index >= 15 is 0 Å². The number of carbonyl (C=O) groups is 3. The SMILES string of the molecule is CC(C)[C@H](NC(=O)OCc1ccccc1)C(=O)N1CCN(CC(=O)Nc2ccccc2)CC1. The van der Waals surface area contributed by atoms with Crippen LogP contribution in [0.3, 0.4) is 0 Å². The number of alkyl carbamates (subject to hydrolysis) is 1. The number of piperazine rings is 1. The molecule has 8 nitrogen and oxygen atoms in total. The van der Waals surface area contributed by atoms with Gasteiger partial charge in [0.15, 0.2) is 0 Å². The molecule has 0 radical (unpaired) electrons.